The van der Waals surface area contributed by atoms with Crippen LogP contribution < -0.4 is 5.32 Å². The number of hydrogen-bond donors (Lipinski definition) is 1. The highest BCUT2D eigenvalue weighted by molar-refractivity contribution is 5.97. The molecule has 112 valence electrons. The third-order valence-corrected chi connectivity index (χ3v) is 3.19. The largest absolute Gasteiger partial charge is 0.466 e. The molecule has 1 heterocycles. The first kappa shape index (κ1) is 16.2. The van der Waals surface area contributed by atoms with Gasteiger partial charge in [0.05, 0.1) is 24.9 Å². The van der Waals surface area contributed by atoms with Crippen LogP contribution in [0, 0.1) is 5.92 Å². The molecule has 6 nitrogen and oxygen atoms in total. The van der Waals surface area contributed by atoms with Crippen LogP contribution in [0.25, 0.3) is 0 Å². The lowest BCUT2D eigenvalue weighted by Crippen LogP contribution is -2.32. The Hall–Kier alpha value is -1.82. The van der Waals surface area contributed by atoms with Crippen molar-refractivity contribution < 1.29 is 23.8 Å². The number of ether oxygens (including phenoxy) is 3. The van der Waals surface area contributed by atoms with Crippen LogP contribution in [0.4, 0.5) is 0 Å². The van der Waals surface area contributed by atoms with E-state index in [0.29, 0.717) is 29.1 Å². The zero-order chi connectivity index (χ0) is 15.3. The first-order valence-electron chi connectivity index (χ1n) is 6.37. The predicted octanol–water partition coefficient (Wildman–Crippen LogP) is 1.14. The summed E-state index contributed by atoms with van der Waals surface area (Å²) in [6, 6.07) is 0. The van der Waals surface area contributed by atoms with E-state index in [4.69, 9.17) is 14.2 Å². The molecule has 1 atom stereocenters. The van der Waals surface area contributed by atoms with Crippen molar-refractivity contribution >= 4 is 11.9 Å². The molecule has 0 fully saturated rings. The molecular weight excluding hydrogens is 262 g/mol. The van der Waals surface area contributed by atoms with Crippen LogP contribution in [0.3, 0.4) is 0 Å². The minimum absolute atomic E-state index is 0.176. The number of dihydropyridines is 1. The molecule has 0 aromatic rings. The van der Waals surface area contributed by atoms with Crippen molar-refractivity contribution in [2.24, 2.45) is 5.92 Å². The molecule has 0 aromatic carbocycles. The van der Waals surface area contributed by atoms with Crippen molar-refractivity contribution in [3.8, 4) is 0 Å². The van der Waals surface area contributed by atoms with E-state index in [-0.39, 0.29) is 12.5 Å². The van der Waals surface area contributed by atoms with Crippen molar-refractivity contribution in [1.29, 1.82) is 0 Å². The predicted molar refractivity (Wildman–Crippen MR) is 72.6 cm³/mol. The fraction of sp³-hybridized carbons (Fsp3) is 0.571. The van der Waals surface area contributed by atoms with Gasteiger partial charge in [0.1, 0.15) is 6.61 Å². The van der Waals surface area contributed by atoms with E-state index in [9.17, 15) is 9.59 Å². The maximum atomic E-state index is 12.1. The van der Waals surface area contributed by atoms with Gasteiger partial charge >= 0.3 is 11.9 Å². The van der Waals surface area contributed by atoms with Gasteiger partial charge in [0.15, 0.2) is 0 Å². The minimum Gasteiger partial charge on any atom is -0.466 e. The average molecular weight is 283 g/mol. The van der Waals surface area contributed by atoms with E-state index in [1.807, 2.05) is 0 Å². The molecule has 0 aliphatic carbocycles. The van der Waals surface area contributed by atoms with Gasteiger partial charge in [-0.1, -0.05) is 6.92 Å². The smallest absolute Gasteiger partial charge is 0.336 e. The second kappa shape index (κ2) is 7.09. The van der Waals surface area contributed by atoms with Crippen LogP contribution in [0.1, 0.15) is 20.8 Å². The number of rotatable bonds is 5. The van der Waals surface area contributed by atoms with Crippen molar-refractivity contribution in [2.75, 3.05) is 27.4 Å². The SMILES string of the molecule is COCCOC(=O)C1=C(C)NC(C)=C(C(=O)OC)[C@H]1C. The summed E-state index contributed by atoms with van der Waals surface area (Å²) in [5.74, 6) is -1.27. The number of methoxy groups -OCH3 is 2. The third-order valence-electron chi connectivity index (χ3n) is 3.19. The Labute approximate surface area is 118 Å². The highest BCUT2D eigenvalue weighted by atomic mass is 16.6. The molecule has 0 radical (unpaired) electrons. The molecule has 1 aliphatic rings. The lowest BCUT2D eigenvalue weighted by atomic mass is 9.87. The average Bonchev–Trinajstić information content (AvgIpc) is 2.38. The molecule has 1 N–H and O–H groups in total. The van der Waals surface area contributed by atoms with Crippen molar-refractivity contribution in [2.45, 2.75) is 20.8 Å². The molecule has 0 amide bonds. The molecule has 0 saturated carbocycles. The van der Waals surface area contributed by atoms with Crippen LogP contribution in [0.15, 0.2) is 22.5 Å². The summed E-state index contributed by atoms with van der Waals surface area (Å²) in [7, 11) is 2.85. The Balaban J connectivity index is 2.94. The molecule has 20 heavy (non-hydrogen) atoms. The summed E-state index contributed by atoms with van der Waals surface area (Å²) < 4.78 is 14.7. The minimum atomic E-state index is -0.451. The van der Waals surface area contributed by atoms with Gasteiger partial charge < -0.3 is 19.5 Å². The Morgan fingerprint density at radius 1 is 1.05 bits per heavy atom. The van der Waals surface area contributed by atoms with Crippen LogP contribution >= 0.6 is 0 Å². The Morgan fingerprint density at radius 3 is 2.10 bits per heavy atom. The zero-order valence-electron chi connectivity index (χ0n) is 12.5. The summed E-state index contributed by atoms with van der Waals surface area (Å²) in [5, 5.41) is 3.02. The lowest BCUT2D eigenvalue weighted by Gasteiger charge is -2.27. The van der Waals surface area contributed by atoms with E-state index < -0.39 is 11.9 Å². The first-order valence-corrected chi connectivity index (χ1v) is 6.37. The lowest BCUT2D eigenvalue weighted by molar-refractivity contribution is -0.141. The van der Waals surface area contributed by atoms with Gasteiger partial charge in [0, 0.05) is 24.4 Å². The quantitative estimate of drug-likeness (QED) is 0.602. The number of esters is 2. The number of carbonyl (C=O) groups is 2. The Bertz CT molecular complexity index is 464. The van der Waals surface area contributed by atoms with Gasteiger partial charge in [0.2, 0.25) is 0 Å². The normalized spacial score (nSPS) is 18.8. The fourth-order valence-electron chi connectivity index (χ4n) is 2.27. The number of allylic oxidation sites excluding steroid dienone is 2. The molecule has 0 saturated heterocycles. The topological polar surface area (TPSA) is 73.9 Å². The van der Waals surface area contributed by atoms with Gasteiger partial charge in [-0.05, 0) is 13.8 Å². The first-order chi connectivity index (χ1) is 9.43. The highest BCUT2D eigenvalue weighted by Crippen LogP contribution is 2.30. The monoisotopic (exact) mass is 283 g/mol. The maximum absolute atomic E-state index is 12.1. The second-order valence-electron chi connectivity index (χ2n) is 4.54. The molecular formula is C14H21NO5. The van der Waals surface area contributed by atoms with Crippen LogP contribution in [-0.2, 0) is 23.8 Å². The number of hydrogen-bond acceptors (Lipinski definition) is 6. The second-order valence-corrected chi connectivity index (χ2v) is 4.54. The molecule has 0 spiro atoms. The number of nitrogens with one attached hydrogen (secondary N) is 1. The van der Waals surface area contributed by atoms with Gasteiger partial charge in [-0.3, -0.25) is 0 Å². The summed E-state index contributed by atoms with van der Waals surface area (Å²) in [6.45, 7) is 5.85. The Morgan fingerprint density at radius 2 is 1.60 bits per heavy atom. The van der Waals surface area contributed by atoms with Gasteiger partial charge in [-0.15, -0.1) is 0 Å². The molecule has 0 bridgehead atoms. The molecule has 1 aliphatic heterocycles. The maximum Gasteiger partial charge on any atom is 0.336 e. The van der Waals surface area contributed by atoms with E-state index in [1.165, 1.54) is 14.2 Å². The molecule has 0 aromatic heterocycles. The van der Waals surface area contributed by atoms with Gasteiger partial charge in [-0.25, -0.2) is 9.59 Å². The third kappa shape index (κ3) is 3.39. The molecule has 6 heteroatoms. The molecule has 1 rings (SSSR count). The van der Waals surface area contributed by atoms with Crippen molar-refractivity contribution in [1.82, 2.24) is 5.32 Å². The van der Waals surface area contributed by atoms with Crippen LogP contribution in [0.5, 0.6) is 0 Å². The van der Waals surface area contributed by atoms with Crippen LogP contribution in [-0.4, -0.2) is 39.4 Å². The summed E-state index contributed by atoms with van der Waals surface area (Å²) in [5.41, 5.74) is 2.25. The standard InChI is InChI=1S/C14H21NO5/c1-8-11(13(16)19-5)9(2)15-10(3)12(8)14(17)20-7-6-18-4/h8,15H,6-7H2,1-5H3/t8-/m1/s1. The number of carbonyl (C=O) groups excluding carboxylic acids is 2. The summed E-state index contributed by atoms with van der Waals surface area (Å²) in [6.07, 6.45) is 0. The van der Waals surface area contributed by atoms with Gasteiger partial charge in [0.25, 0.3) is 0 Å². The summed E-state index contributed by atoms with van der Waals surface area (Å²) in [4.78, 5) is 23.9. The molecule has 0 unspecified atom stereocenters. The fourth-order valence-corrected chi connectivity index (χ4v) is 2.27. The van der Waals surface area contributed by atoms with E-state index >= 15 is 0 Å². The summed E-state index contributed by atoms with van der Waals surface area (Å²) >= 11 is 0. The van der Waals surface area contributed by atoms with Crippen molar-refractivity contribution in [3.63, 3.8) is 0 Å². The van der Waals surface area contributed by atoms with E-state index in [0.717, 1.165) is 0 Å². The van der Waals surface area contributed by atoms with E-state index in [1.54, 1.807) is 20.8 Å². The van der Waals surface area contributed by atoms with Gasteiger partial charge in [-0.2, -0.15) is 0 Å². The van der Waals surface area contributed by atoms with Crippen LogP contribution in [0.2, 0.25) is 0 Å². The van der Waals surface area contributed by atoms with E-state index in [2.05, 4.69) is 5.32 Å². The Kier molecular flexibility index (Phi) is 5.76. The zero-order valence-corrected chi connectivity index (χ0v) is 12.5. The highest BCUT2D eigenvalue weighted by Gasteiger charge is 2.33. The van der Waals surface area contributed by atoms with Crippen molar-refractivity contribution in [3.05, 3.63) is 22.5 Å².